The molecule has 1 fully saturated rings. The third-order valence-corrected chi connectivity index (χ3v) is 4.37. The van der Waals surface area contributed by atoms with Crippen LogP contribution in [0.15, 0.2) is 29.3 Å². The van der Waals surface area contributed by atoms with E-state index < -0.39 is 0 Å². The van der Waals surface area contributed by atoms with Crippen molar-refractivity contribution in [1.82, 2.24) is 10.6 Å². The first-order chi connectivity index (χ1) is 10.7. The van der Waals surface area contributed by atoms with E-state index in [4.69, 9.17) is 4.74 Å². The summed E-state index contributed by atoms with van der Waals surface area (Å²) in [6.07, 6.45) is 3.73. The van der Waals surface area contributed by atoms with Gasteiger partial charge in [0, 0.05) is 33.4 Å². The summed E-state index contributed by atoms with van der Waals surface area (Å²) in [5.41, 5.74) is 2.98. The quantitative estimate of drug-likeness (QED) is 0.441. The Labute approximate surface area is 134 Å². The predicted molar refractivity (Wildman–Crippen MR) is 92.2 cm³/mol. The SMILES string of the molecule is CCOCCC1(CNC(=NC)NCc2ccc(C)cc2)CC1. The highest BCUT2D eigenvalue weighted by Crippen LogP contribution is 2.48. The van der Waals surface area contributed by atoms with Crippen molar-refractivity contribution in [2.24, 2.45) is 10.4 Å². The molecule has 0 aromatic heterocycles. The molecule has 0 atom stereocenters. The molecular formula is C18H29N3O. The third kappa shape index (κ3) is 5.34. The zero-order valence-electron chi connectivity index (χ0n) is 14.1. The van der Waals surface area contributed by atoms with Gasteiger partial charge in [-0.15, -0.1) is 0 Å². The summed E-state index contributed by atoms with van der Waals surface area (Å²) in [4.78, 5) is 4.31. The van der Waals surface area contributed by atoms with Gasteiger partial charge < -0.3 is 15.4 Å². The van der Waals surface area contributed by atoms with E-state index in [1.807, 2.05) is 7.05 Å². The second-order valence-corrected chi connectivity index (χ2v) is 6.21. The normalized spacial score (nSPS) is 16.4. The van der Waals surface area contributed by atoms with E-state index in [-0.39, 0.29) is 0 Å². The molecule has 0 unspecified atom stereocenters. The van der Waals surface area contributed by atoms with Crippen LogP contribution in [0.4, 0.5) is 0 Å². The van der Waals surface area contributed by atoms with Crippen molar-refractivity contribution in [3.05, 3.63) is 35.4 Å². The zero-order valence-corrected chi connectivity index (χ0v) is 14.1. The fourth-order valence-corrected chi connectivity index (χ4v) is 2.51. The van der Waals surface area contributed by atoms with E-state index in [1.165, 1.54) is 24.0 Å². The second kappa shape index (κ2) is 8.18. The molecule has 1 aliphatic rings. The molecule has 0 heterocycles. The van der Waals surface area contributed by atoms with Gasteiger partial charge in [-0.1, -0.05) is 29.8 Å². The van der Waals surface area contributed by atoms with Gasteiger partial charge in [0.25, 0.3) is 0 Å². The summed E-state index contributed by atoms with van der Waals surface area (Å²) in [7, 11) is 1.82. The van der Waals surface area contributed by atoms with Crippen LogP contribution in [0.3, 0.4) is 0 Å². The molecule has 1 saturated carbocycles. The van der Waals surface area contributed by atoms with Crippen LogP contribution >= 0.6 is 0 Å². The highest BCUT2D eigenvalue weighted by atomic mass is 16.5. The van der Waals surface area contributed by atoms with Gasteiger partial charge in [-0.2, -0.15) is 0 Å². The molecule has 0 bridgehead atoms. The maximum absolute atomic E-state index is 5.48. The van der Waals surface area contributed by atoms with Crippen molar-refractivity contribution < 1.29 is 4.74 Å². The minimum Gasteiger partial charge on any atom is -0.382 e. The number of nitrogens with zero attached hydrogens (tertiary/aromatic N) is 1. The number of aryl methyl sites for hydroxylation is 1. The molecule has 0 aliphatic heterocycles. The van der Waals surface area contributed by atoms with Crippen LogP contribution in [0.2, 0.25) is 0 Å². The lowest BCUT2D eigenvalue weighted by Crippen LogP contribution is -2.40. The van der Waals surface area contributed by atoms with E-state index in [2.05, 4.69) is 53.7 Å². The smallest absolute Gasteiger partial charge is 0.191 e. The van der Waals surface area contributed by atoms with Crippen molar-refractivity contribution in [1.29, 1.82) is 0 Å². The number of hydrogen-bond donors (Lipinski definition) is 2. The highest BCUT2D eigenvalue weighted by molar-refractivity contribution is 5.79. The molecule has 0 saturated heterocycles. The summed E-state index contributed by atoms with van der Waals surface area (Å²) >= 11 is 0. The minimum absolute atomic E-state index is 0.427. The largest absolute Gasteiger partial charge is 0.382 e. The lowest BCUT2D eigenvalue weighted by atomic mass is 10.0. The van der Waals surface area contributed by atoms with E-state index in [0.717, 1.165) is 38.7 Å². The first kappa shape index (κ1) is 16.8. The first-order valence-electron chi connectivity index (χ1n) is 8.25. The molecule has 22 heavy (non-hydrogen) atoms. The van der Waals surface area contributed by atoms with E-state index >= 15 is 0 Å². The van der Waals surface area contributed by atoms with Gasteiger partial charge in [0.1, 0.15) is 0 Å². The number of hydrogen-bond acceptors (Lipinski definition) is 2. The molecule has 0 spiro atoms. The van der Waals surface area contributed by atoms with Gasteiger partial charge in [0.05, 0.1) is 0 Å². The van der Waals surface area contributed by atoms with Crippen LogP contribution in [0.25, 0.3) is 0 Å². The van der Waals surface area contributed by atoms with Crippen molar-refractivity contribution in [2.45, 2.75) is 39.7 Å². The van der Waals surface area contributed by atoms with Crippen LogP contribution in [0.5, 0.6) is 0 Å². The van der Waals surface area contributed by atoms with Gasteiger partial charge >= 0.3 is 0 Å². The molecule has 0 radical (unpaired) electrons. The Morgan fingerprint density at radius 2 is 1.95 bits per heavy atom. The monoisotopic (exact) mass is 303 g/mol. The molecule has 1 aromatic carbocycles. The summed E-state index contributed by atoms with van der Waals surface area (Å²) in [5.74, 6) is 0.878. The van der Waals surface area contributed by atoms with E-state index in [0.29, 0.717) is 5.41 Å². The second-order valence-electron chi connectivity index (χ2n) is 6.21. The van der Waals surface area contributed by atoms with Crippen LogP contribution in [0, 0.1) is 12.3 Å². The van der Waals surface area contributed by atoms with Gasteiger partial charge in [-0.3, -0.25) is 4.99 Å². The van der Waals surface area contributed by atoms with Crippen LogP contribution < -0.4 is 10.6 Å². The maximum Gasteiger partial charge on any atom is 0.191 e. The Hall–Kier alpha value is -1.55. The van der Waals surface area contributed by atoms with Gasteiger partial charge in [0.2, 0.25) is 0 Å². The topological polar surface area (TPSA) is 45.6 Å². The lowest BCUT2D eigenvalue weighted by Gasteiger charge is -2.18. The highest BCUT2D eigenvalue weighted by Gasteiger charge is 2.41. The summed E-state index contributed by atoms with van der Waals surface area (Å²) in [6, 6.07) is 8.58. The number of ether oxygens (including phenoxy) is 1. The Morgan fingerprint density at radius 1 is 1.23 bits per heavy atom. The lowest BCUT2D eigenvalue weighted by molar-refractivity contribution is 0.128. The Balaban J connectivity index is 1.72. The number of benzene rings is 1. The van der Waals surface area contributed by atoms with E-state index in [9.17, 15) is 0 Å². The molecule has 1 aliphatic carbocycles. The molecule has 4 heteroatoms. The van der Waals surface area contributed by atoms with Crippen molar-refractivity contribution in [3.63, 3.8) is 0 Å². The summed E-state index contributed by atoms with van der Waals surface area (Å²) in [6.45, 7) is 7.61. The van der Waals surface area contributed by atoms with Crippen LogP contribution in [-0.2, 0) is 11.3 Å². The minimum atomic E-state index is 0.427. The van der Waals surface area contributed by atoms with Crippen molar-refractivity contribution in [3.8, 4) is 0 Å². The summed E-state index contributed by atoms with van der Waals surface area (Å²) < 4.78 is 5.48. The first-order valence-corrected chi connectivity index (χ1v) is 8.25. The number of aliphatic imine (C=N–C) groups is 1. The molecule has 1 aromatic rings. The van der Waals surface area contributed by atoms with Crippen molar-refractivity contribution >= 4 is 5.96 Å². The molecular weight excluding hydrogens is 274 g/mol. The van der Waals surface area contributed by atoms with Gasteiger partial charge in [-0.05, 0) is 44.1 Å². The number of nitrogens with one attached hydrogen (secondary N) is 2. The molecule has 122 valence electrons. The van der Waals surface area contributed by atoms with E-state index in [1.54, 1.807) is 0 Å². The standard InChI is InChI=1S/C18H29N3O/c1-4-22-12-11-18(9-10-18)14-21-17(19-3)20-13-16-7-5-15(2)6-8-16/h5-8H,4,9-14H2,1-3H3,(H2,19,20,21). The Kier molecular flexibility index (Phi) is 6.25. The zero-order chi connectivity index (χ0) is 15.8. The Bertz CT molecular complexity index is 478. The molecule has 4 nitrogen and oxygen atoms in total. The van der Waals surface area contributed by atoms with Gasteiger partial charge in [0.15, 0.2) is 5.96 Å². The fourth-order valence-electron chi connectivity index (χ4n) is 2.51. The predicted octanol–water partition coefficient (Wildman–Crippen LogP) is 2.87. The van der Waals surface area contributed by atoms with Crippen molar-refractivity contribution in [2.75, 3.05) is 26.8 Å². The van der Waals surface area contributed by atoms with Crippen LogP contribution in [-0.4, -0.2) is 32.8 Å². The number of rotatable bonds is 8. The average Bonchev–Trinajstić information content (AvgIpc) is 3.30. The van der Waals surface area contributed by atoms with Gasteiger partial charge in [-0.25, -0.2) is 0 Å². The molecule has 2 N–H and O–H groups in total. The fraction of sp³-hybridized carbons (Fsp3) is 0.611. The van der Waals surface area contributed by atoms with Crippen LogP contribution in [0.1, 0.15) is 37.3 Å². The average molecular weight is 303 g/mol. The Morgan fingerprint density at radius 3 is 2.55 bits per heavy atom. The molecule has 2 rings (SSSR count). The number of guanidine groups is 1. The molecule has 0 amide bonds. The summed E-state index contributed by atoms with van der Waals surface area (Å²) in [5, 5.41) is 6.84. The maximum atomic E-state index is 5.48. The third-order valence-electron chi connectivity index (χ3n) is 4.37.